The highest BCUT2D eigenvalue weighted by Gasteiger charge is 2.20. The van der Waals surface area contributed by atoms with Crippen molar-refractivity contribution in [2.24, 2.45) is 13.0 Å². The molecular formula is C15H21N5O2. The Kier molecular flexibility index (Phi) is 4.65. The molecular weight excluding hydrogens is 282 g/mol. The minimum Gasteiger partial charge on any atom is -0.380 e. The van der Waals surface area contributed by atoms with Gasteiger partial charge in [0.05, 0.1) is 25.2 Å². The molecule has 1 aliphatic rings. The topological polar surface area (TPSA) is 76.0 Å². The van der Waals surface area contributed by atoms with E-state index in [1.54, 1.807) is 6.07 Å². The van der Waals surface area contributed by atoms with E-state index in [9.17, 15) is 4.79 Å². The molecule has 0 aromatic carbocycles. The van der Waals surface area contributed by atoms with Gasteiger partial charge in [-0.3, -0.25) is 14.4 Å². The minimum atomic E-state index is -0.105. The number of aryl methyl sites for hydroxylation is 1. The third-order valence-corrected chi connectivity index (χ3v) is 3.96. The molecule has 1 N–H and O–H groups in total. The maximum atomic E-state index is 11.4. The molecule has 1 saturated heterocycles. The summed E-state index contributed by atoms with van der Waals surface area (Å²) in [5, 5.41) is 4.21. The van der Waals surface area contributed by atoms with Gasteiger partial charge in [0.1, 0.15) is 0 Å². The molecule has 0 amide bonds. The van der Waals surface area contributed by atoms with Crippen LogP contribution in [0.5, 0.6) is 0 Å². The zero-order chi connectivity index (χ0) is 15.4. The van der Waals surface area contributed by atoms with Gasteiger partial charge in [-0.1, -0.05) is 0 Å². The van der Waals surface area contributed by atoms with Gasteiger partial charge in [0.15, 0.2) is 0 Å². The first-order chi connectivity index (χ1) is 10.7. The second-order valence-corrected chi connectivity index (χ2v) is 5.73. The van der Waals surface area contributed by atoms with Crippen LogP contribution in [-0.4, -0.2) is 51.0 Å². The Hall–Kier alpha value is -1.99. The first kappa shape index (κ1) is 14.9. The predicted molar refractivity (Wildman–Crippen MR) is 81.4 cm³/mol. The lowest BCUT2D eigenvalue weighted by Gasteiger charge is -2.23. The number of nitrogens with zero attached hydrogens (tertiary/aromatic N) is 4. The Balaban J connectivity index is 1.65. The normalized spacial score (nSPS) is 20.0. The van der Waals surface area contributed by atoms with Crippen molar-refractivity contribution in [3.05, 3.63) is 46.4 Å². The molecule has 7 nitrogen and oxygen atoms in total. The van der Waals surface area contributed by atoms with Crippen molar-refractivity contribution >= 4 is 0 Å². The number of aromatic nitrogens is 4. The van der Waals surface area contributed by atoms with Gasteiger partial charge in [-0.05, 0) is 12.5 Å². The largest absolute Gasteiger partial charge is 0.380 e. The van der Waals surface area contributed by atoms with Gasteiger partial charge in [-0.15, -0.1) is 0 Å². The van der Waals surface area contributed by atoms with Gasteiger partial charge in [0, 0.05) is 50.6 Å². The van der Waals surface area contributed by atoms with Crippen LogP contribution in [0, 0.1) is 5.92 Å². The molecule has 0 bridgehead atoms. The van der Waals surface area contributed by atoms with Crippen LogP contribution in [0.2, 0.25) is 0 Å². The quantitative estimate of drug-likeness (QED) is 0.873. The van der Waals surface area contributed by atoms with Crippen LogP contribution >= 0.6 is 0 Å². The zero-order valence-corrected chi connectivity index (χ0v) is 12.7. The average molecular weight is 303 g/mol. The molecule has 1 fully saturated rings. The Labute approximate surface area is 128 Å². The highest BCUT2D eigenvalue weighted by atomic mass is 16.5. The van der Waals surface area contributed by atoms with E-state index in [4.69, 9.17) is 4.74 Å². The molecule has 3 heterocycles. The van der Waals surface area contributed by atoms with Crippen LogP contribution in [0.1, 0.15) is 11.4 Å². The Bertz CT molecular complexity index is 666. The second kappa shape index (κ2) is 6.85. The molecule has 22 heavy (non-hydrogen) atoms. The number of nitrogens with one attached hydrogen (secondary N) is 1. The summed E-state index contributed by atoms with van der Waals surface area (Å²) < 4.78 is 7.61. The van der Waals surface area contributed by atoms with E-state index >= 15 is 0 Å². The summed E-state index contributed by atoms with van der Waals surface area (Å²) in [6.45, 7) is 4.14. The third-order valence-electron chi connectivity index (χ3n) is 3.96. The summed E-state index contributed by atoms with van der Waals surface area (Å²) in [5.74, 6) is 0.338. The van der Waals surface area contributed by atoms with Crippen molar-refractivity contribution in [3.8, 4) is 0 Å². The summed E-state index contributed by atoms with van der Waals surface area (Å²) in [4.78, 5) is 20.5. The van der Waals surface area contributed by atoms with Crippen LogP contribution in [0.25, 0.3) is 0 Å². The molecule has 118 valence electrons. The monoisotopic (exact) mass is 303 g/mol. The molecule has 0 radical (unpaired) electrons. The molecule has 1 atom stereocenters. The van der Waals surface area contributed by atoms with Crippen molar-refractivity contribution in [2.45, 2.75) is 13.0 Å². The van der Waals surface area contributed by atoms with E-state index in [0.29, 0.717) is 12.5 Å². The lowest BCUT2D eigenvalue weighted by atomic mass is 10.0. The second-order valence-electron chi connectivity index (χ2n) is 5.73. The molecule has 3 rings (SSSR count). The van der Waals surface area contributed by atoms with Crippen molar-refractivity contribution in [1.29, 1.82) is 0 Å². The zero-order valence-electron chi connectivity index (χ0n) is 12.7. The molecule has 1 aliphatic heterocycles. The molecule has 0 saturated carbocycles. The smallest absolute Gasteiger partial charge is 0.250 e. The van der Waals surface area contributed by atoms with Gasteiger partial charge >= 0.3 is 0 Å². The van der Waals surface area contributed by atoms with E-state index in [2.05, 4.69) is 20.0 Å². The fraction of sp³-hybridized carbons (Fsp3) is 0.533. The molecule has 0 aliphatic carbocycles. The fourth-order valence-corrected chi connectivity index (χ4v) is 2.82. The van der Waals surface area contributed by atoms with E-state index in [1.807, 2.05) is 24.0 Å². The Morgan fingerprint density at radius 1 is 1.50 bits per heavy atom. The van der Waals surface area contributed by atoms with Crippen LogP contribution in [0.4, 0.5) is 0 Å². The highest BCUT2D eigenvalue weighted by molar-refractivity contribution is 5.02. The molecule has 7 heteroatoms. The summed E-state index contributed by atoms with van der Waals surface area (Å²) >= 11 is 0. The minimum absolute atomic E-state index is 0.105. The van der Waals surface area contributed by atoms with Crippen LogP contribution in [-0.2, 0) is 24.8 Å². The maximum absolute atomic E-state index is 11.4. The van der Waals surface area contributed by atoms with Crippen molar-refractivity contribution in [1.82, 2.24) is 24.6 Å². The number of ether oxygens (including phenoxy) is 1. The predicted octanol–water partition coefficient (Wildman–Crippen LogP) is 0.195. The van der Waals surface area contributed by atoms with E-state index in [-0.39, 0.29) is 5.56 Å². The van der Waals surface area contributed by atoms with E-state index in [0.717, 1.165) is 38.4 Å². The summed E-state index contributed by atoms with van der Waals surface area (Å²) in [7, 11) is 1.96. The SMILES string of the molecule is Cn1nccc1CN1CCOC[C@@H](Cc2cc(=O)[nH]cn2)C1. The summed E-state index contributed by atoms with van der Waals surface area (Å²) in [5.41, 5.74) is 1.90. The fourth-order valence-electron chi connectivity index (χ4n) is 2.82. The number of aromatic amines is 1. The van der Waals surface area contributed by atoms with Crippen LogP contribution in [0.15, 0.2) is 29.5 Å². The number of rotatable bonds is 4. The number of hydrogen-bond acceptors (Lipinski definition) is 5. The lowest BCUT2D eigenvalue weighted by molar-refractivity contribution is 0.121. The van der Waals surface area contributed by atoms with Gasteiger partial charge in [0.2, 0.25) is 0 Å². The molecule has 0 unspecified atom stereocenters. The Morgan fingerprint density at radius 2 is 2.41 bits per heavy atom. The average Bonchev–Trinajstić information content (AvgIpc) is 2.76. The van der Waals surface area contributed by atoms with Crippen molar-refractivity contribution in [3.63, 3.8) is 0 Å². The van der Waals surface area contributed by atoms with Gasteiger partial charge in [0.25, 0.3) is 5.56 Å². The van der Waals surface area contributed by atoms with Crippen molar-refractivity contribution in [2.75, 3.05) is 26.3 Å². The molecule has 0 spiro atoms. The molecule has 2 aromatic heterocycles. The van der Waals surface area contributed by atoms with Crippen molar-refractivity contribution < 1.29 is 4.74 Å². The van der Waals surface area contributed by atoms with Gasteiger partial charge < -0.3 is 9.72 Å². The van der Waals surface area contributed by atoms with E-state index < -0.39 is 0 Å². The number of H-pyrrole nitrogens is 1. The summed E-state index contributed by atoms with van der Waals surface area (Å²) in [6.07, 6.45) is 4.04. The Morgan fingerprint density at radius 3 is 3.18 bits per heavy atom. The number of hydrogen-bond donors (Lipinski definition) is 1. The molecule has 2 aromatic rings. The first-order valence-electron chi connectivity index (χ1n) is 7.51. The van der Waals surface area contributed by atoms with E-state index in [1.165, 1.54) is 12.0 Å². The lowest BCUT2D eigenvalue weighted by Crippen LogP contribution is -2.31. The van der Waals surface area contributed by atoms with Gasteiger partial charge in [-0.25, -0.2) is 4.98 Å². The third kappa shape index (κ3) is 3.80. The van der Waals surface area contributed by atoms with Gasteiger partial charge in [-0.2, -0.15) is 5.10 Å². The van der Waals surface area contributed by atoms with Crippen LogP contribution in [0.3, 0.4) is 0 Å². The highest BCUT2D eigenvalue weighted by Crippen LogP contribution is 2.14. The maximum Gasteiger partial charge on any atom is 0.250 e. The first-order valence-corrected chi connectivity index (χ1v) is 7.51. The van der Waals surface area contributed by atoms with Crippen LogP contribution < -0.4 is 5.56 Å². The standard InChI is InChI=1S/C15H21N5O2/c1-19-14(2-3-18-19)9-20-4-5-22-10-12(8-20)6-13-7-15(21)17-11-16-13/h2-3,7,11-12H,4-6,8-10H2,1H3,(H,16,17,21)/t12-/m0/s1. The summed E-state index contributed by atoms with van der Waals surface area (Å²) in [6, 6.07) is 3.61.